The van der Waals surface area contributed by atoms with Crippen LogP contribution in [0.25, 0.3) is 11.3 Å². The van der Waals surface area contributed by atoms with Crippen LogP contribution < -0.4 is 10.1 Å². The summed E-state index contributed by atoms with van der Waals surface area (Å²) in [5.74, 6) is -1.50. The van der Waals surface area contributed by atoms with E-state index in [1.54, 1.807) is 6.07 Å². The van der Waals surface area contributed by atoms with E-state index in [4.69, 9.17) is 4.74 Å². The van der Waals surface area contributed by atoms with Crippen molar-refractivity contribution in [2.45, 2.75) is 13.0 Å². The third-order valence-electron chi connectivity index (χ3n) is 4.03. The molecule has 2 aromatic carbocycles. The Labute approximate surface area is 149 Å². The number of carbonyl (C=O) groups is 1. The van der Waals surface area contributed by atoms with Gasteiger partial charge in [0.05, 0.1) is 5.69 Å². The highest BCUT2D eigenvalue weighted by atomic mass is 19.1. The quantitative estimate of drug-likeness (QED) is 0.709. The maximum absolute atomic E-state index is 14.1. The van der Waals surface area contributed by atoms with Gasteiger partial charge in [-0.1, -0.05) is 30.3 Å². The van der Waals surface area contributed by atoms with Crippen LogP contribution in [0, 0.1) is 11.6 Å². The number of benzene rings is 2. The lowest BCUT2D eigenvalue weighted by atomic mass is 10.1. The van der Waals surface area contributed by atoms with Gasteiger partial charge in [0, 0.05) is 24.7 Å². The number of nitrogens with one attached hydrogen (secondary N) is 2. The standard InChI is InChI=1S/C20H18F2N2O2/c1-12(13-6-4-3-5-7-13)26-18-11-17(24-19(18)20(25)23-2)15-9-8-14(21)10-16(15)22/h3-12,24H,1-2H3,(H,23,25). The van der Waals surface area contributed by atoms with Crippen LogP contribution in [0.2, 0.25) is 0 Å². The Hall–Kier alpha value is -3.15. The topological polar surface area (TPSA) is 54.1 Å². The van der Waals surface area contributed by atoms with Crippen LogP contribution in [0.1, 0.15) is 29.1 Å². The van der Waals surface area contributed by atoms with Crippen molar-refractivity contribution >= 4 is 5.91 Å². The number of hydrogen-bond donors (Lipinski definition) is 2. The van der Waals surface area contributed by atoms with Crippen molar-refractivity contribution in [1.82, 2.24) is 10.3 Å². The third kappa shape index (κ3) is 3.59. The molecule has 6 heteroatoms. The smallest absolute Gasteiger partial charge is 0.271 e. The molecule has 0 spiro atoms. The first kappa shape index (κ1) is 17.7. The zero-order valence-electron chi connectivity index (χ0n) is 14.3. The lowest BCUT2D eigenvalue weighted by Crippen LogP contribution is -2.19. The molecule has 0 bridgehead atoms. The Kier molecular flexibility index (Phi) is 5.02. The number of halogens is 2. The zero-order valence-corrected chi connectivity index (χ0v) is 14.3. The van der Waals surface area contributed by atoms with E-state index in [-0.39, 0.29) is 17.4 Å². The molecule has 1 atom stereocenters. The van der Waals surface area contributed by atoms with Gasteiger partial charge in [0.25, 0.3) is 5.91 Å². The van der Waals surface area contributed by atoms with Gasteiger partial charge in [0.2, 0.25) is 0 Å². The van der Waals surface area contributed by atoms with E-state index in [2.05, 4.69) is 10.3 Å². The van der Waals surface area contributed by atoms with Gasteiger partial charge < -0.3 is 15.0 Å². The maximum Gasteiger partial charge on any atom is 0.271 e. The van der Waals surface area contributed by atoms with Crippen molar-refractivity contribution in [3.05, 3.63) is 77.5 Å². The van der Waals surface area contributed by atoms with E-state index in [0.717, 1.165) is 17.7 Å². The number of carbonyl (C=O) groups excluding carboxylic acids is 1. The molecule has 1 amide bonds. The van der Waals surface area contributed by atoms with Crippen LogP contribution in [0.4, 0.5) is 8.78 Å². The molecule has 0 aliphatic rings. The fourth-order valence-electron chi connectivity index (χ4n) is 2.66. The SMILES string of the molecule is CNC(=O)c1[nH]c(-c2ccc(F)cc2F)cc1OC(C)c1ccccc1. The van der Waals surface area contributed by atoms with Gasteiger partial charge in [-0.3, -0.25) is 4.79 Å². The molecule has 134 valence electrons. The molecule has 0 fully saturated rings. The molecule has 26 heavy (non-hydrogen) atoms. The van der Waals surface area contributed by atoms with Crippen LogP contribution in [0.15, 0.2) is 54.6 Å². The van der Waals surface area contributed by atoms with E-state index >= 15 is 0 Å². The molecule has 0 saturated carbocycles. The molecule has 0 saturated heterocycles. The lowest BCUT2D eigenvalue weighted by molar-refractivity contribution is 0.0952. The highest BCUT2D eigenvalue weighted by molar-refractivity contribution is 5.96. The number of amides is 1. The van der Waals surface area contributed by atoms with Gasteiger partial charge in [-0.2, -0.15) is 0 Å². The predicted molar refractivity (Wildman–Crippen MR) is 95.0 cm³/mol. The molecule has 3 aromatic rings. The molecule has 1 unspecified atom stereocenters. The number of aromatic nitrogens is 1. The van der Waals surface area contributed by atoms with E-state index in [0.29, 0.717) is 11.4 Å². The first-order chi connectivity index (χ1) is 12.5. The molecule has 1 heterocycles. The lowest BCUT2D eigenvalue weighted by Gasteiger charge is -2.14. The van der Waals surface area contributed by atoms with Crippen LogP contribution >= 0.6 is 0 Å². The second-order valence-corrected chi connectivity index (χ2v) is 5.80. The van der Waals surface area contributed by atoms with Gasteiger partial charge in [-0.25, -0.2) is 8.78 Å². The highest BCUT2D eigenvalue weighted by Crippen LogP contribution is 2.32. The normalized spacial score (nSPS) is 11.8. The Morgan fingerprint density at radius 1 is 1.12 bits per heavy atom. The second kappa shape index (κ2) is 7.39. The molecule has 2 N–H and O–H groups in total. The number of aromatic amines is 1. The average Bonchev–Trinajstić information content (AvgIpc) is 3.05. The first-order valence-electron chi connectivity index (χ1n) is 8.11. The Bertz CT molecular complexity index is 923. The summed E-state index contributed by atoms with van der Waals surface area (Å²) in [5, 5.41) is 2.52. The van der Waals surface area contributed by atoms with Crippen LogP contribution in [-0.2, 0) is 0 Å². The maximum atomic E-state index is 14.1. The summed E-state index contributed by atoms with van der Waals surface area (Å²) in [4.78, 5) is 15.0. The molecule has 3 rings (SSSR count). The Morgan fingerprint density at radius 2 is 1.85 bits per heavy atom. The third-order valence-corrected chi connectivity index (χ3v) is 4.03. The van der Waals surface area contributed by atoms with Crippen molar-refractivity contribution in [1.29, 1.82) is 0 Å². The van der Waals surface area contributed by atoms with E-state index in [1.165, 1.54) is 13.1 Å². The monoisotopic (exact) mass is 356 g/mol. The molecular weight excluding hydrogens is 338 g/mol. The van der Waals surface area contributed by atoms with Crippen molar-refractivity contribution in [2.24, 2.45) is 0 Å². The summed E-state index contributed by atoms with van der Waals surface area (Å²) >= 11 is 0. The highest BCUT2D eigenvalue weighted by Gasteiger charge is 2.20. The summed E-state index contributed by atoms with van der Waals surface area (Å²) < 4.78 is 33.2. The second-order valence-electron chi connectivity index (χ2n) is 5.80. The van der Waals surface area contributed by atoms with E-state index in [9.17, 15) is 13.6 Å². The summed E-state index contributed by atoms with van der Waals surface area (Å²) in [6, 6.07) is 14.3. The number of rotatable bonds is 5. The van der Waals surface area contributed by atoms with Gasteiger partial charge in [-0.15, -0.1) is 0 Å². The Balaban J connectivity index is 1.98. The molecule has 0 radical (unpaired) electrons. The first-order valence-corrected chi connectivity index (χ1v) is 8.11. The summed E-state index contributed by atoms with van der Waals surface area (Å²) in [5.41, 5.74) is 1.59. The largest absolute Gasteiger partial charge is 0.484 e. The fourth-order valence-corrected chi connectivity index (χ4v) is 2.66. The summed E-state index contributed by atoms with van der Waals surface area (Å²) in [6.45, 7) is 1.86. The van der Waals surface area contributed by atoms with E-state index < -0.39 is 17.5 Å². The predicted octanol–water partition coefficient (Wildman–Crippen LogP) is 4.46. The summed E-state index contributed by atoms with van der Waals surface area (Å²) in [7, 11) is 1.49. The molecular formula is C20H18F2N2O2. The average molecular weight is 356 g/mol. The number of hydrogen-bond acceptors (Lipinski definition) is 2. The van der Waals surface area contributed by atoms with E-state index in [1.807, 2.05) is 37.3 Å². The van der Waals surface area contributed by atoms with Gasteiger partial charge in [0.15, 0.2) is 5.75 Å². The van der Waals surface area contributed by atoms with Crippen molar-refractivity contribution in [2.75, 3.05) is 7.05 Å². The molecule has 1 aromatic heterocycles. The molecule has 0 aliphatic carbocycles. The minimum atomic E-state index is -0.725. The minimum Gasteiger partial charge on any atom is -0.484 e. The van der Waals surface area contributed by atoms with Crippen molar-refractivity contribution < 1.29 is 18.3 Å². The van der Waals surface area contributed by atoms with Gasteiger partial charge >= 0.3 is 0 Å². The number of H-pyrrole nitrogens is 1. The van der Waals surface area contributed by atoms with Crippen LogP contribution in [0.5, 0.6) is 5.75 Å². The minimum absolute atomic E-state index is 0.152. The molecule has 4 nitrogen and oxygen atoms in total. The van der Waals surface area contributed by atoms with Crippen LogP contribution in [0.3, 0.4) is 0 Å². The number of ether oxygens (including phenoxy) is 1. The zero-order chi connectivity index (χ0) is 18.7. The van der Waals surface area contributed by atoms with Crippen LogP contribution in [-0.4, -0.2) is 17.9 Å². The van der Waals surface area contributed by atoms with Gasteiger partial charge in [-0.05, 0) is 24.6 Å². The fraction of sp³-hybridized carbons (Fsp3) is 0.150. The summed E-state index contributed by atoms with van der Waals surface area (Å²) in [6.07, 6.45) is -0.318. The van der Waals surface area contributed by atoms with Crippen molar-refractivity contribution in [3.63, 3.8) is 0 Å². The molecule has 0 aliphatic heterocycles. The van der Waals surface area contributed by atoms with Gasteiger partial charge in [0.1, 0.15) is 23.4 Å². The van der Waals surface area contributed by atoms with Crippen molar-refractivity contribution in [3.8, 4) is 17.0 Å². The Morgan fingerprint density at radius 3 is 2.50 bits per heavy atom.